The molecule has 0 radical (unpaired) electrons. The van der Waals surface area contributed by atoms with Gasteiger partial charge in [0.05, 0.1) is 6.20 Å². The van der Waals surface area contributed by atoms with Gasteiger partial charge in [-0.25, -0.2) is 13.4 Å². The van der Waals surface area contributed by atoms with E-state index in [-0.39, 0.29) is 5.03 Å². The Bertz CT molecular complexity index is 452. The van der Waals surface area contributed by atoms with E-state index in [1.54, 1.807) is 4.57 Å². The summed E-state index contributed by atoms with van der Waals surface area (Å²) in [4.78, 5) is 4.06. The summed E-state index contributed by atoms with van der Waals surface area (Å²) in [5.41, 5.74) is 0. The minimum atomic E-state index is -3.65. The first kappa shape index (κ1) is 9.98. The second-order valence-corrected chi connectivity index (χ2v) is 6.22. The van der Waals surface area contributed by atoms with Crippen LogP contribution < -0.4 is 0 Å². The number of hydrogen-bond donors (Lipinski definition) is 0. The van der Waals surface area contributed by atoms with Crippen LogP contribution in [0.1, 0.15) is 19.2 Å². The van der Waals surface area contributed by atoms with Crippen LogP contribution in [-0.4, -0.2) is 18.0 Å². The van der Waals surface area contributed by atoms with Gasteiger partial charge in [-0.15, -0.1) is 0 Å². The van der Waals surface area contributed by atoms with E-state index in [9.17, 15) is 8.42 Å². The molecule has 0 fully saturated rings. The molecule has 1 unspecified atom stereocenters. The molecule has 1 aliphatic heterocycles. The lowest BCUT2D eigenvalue weighted by Crippen LogP contribution is -2.20. The van der Waals surface area contributed by atoms with Gasteiger partial charge in [-0.05, 0) is 12.3 Å². The molecular formula is C8H11ClN2O2S. The zero-order valence-electron chi connectivity index (χ0n) is 7.77. The van der Waals surface area contributed by atoms with E-state index in [1.165, 1.54) is 6.20 Å². The molecule has 1 aliphatic rings. The van der Waals surface area contributed by atoms with Crippen LogP contribution in [-0.2, 0) is 22.0 Å². The van der Waals surface area contributed by atoms with Gasteiger partial charge in [0.15, 0.2) is 5.03 Å². The molecule has 0 saturated carbocycles. The zero-order valence-corrected chi connectivity index (χ0v) is 9.35. The fraction of sp³-hybridized carbons (Fsp3) is 0.625. The van der Waals surface area contributed by atoms with Crippen molar-refractivity contribution in [1.29, 1.82) is 0 Å². The van der Waals surface area contributed by atoms with Crippen molar-refractivity contribution in [3.63, 3.8) is 0 Å². The first-order valence-electron chi connectivity index (χ1n) is 4.47. The monoisotopic (exact) mass is 234 g/mol. The highest BCUT2D eigenvalue weighted by molar-refractivity contribution is 8.13. The number of fused-ring (bicyclic) bond motifs is 1. The third-order valence-corrected chi connectivity index (χ3v) is 3.81. The summed E-state index contributed by atoms with van der Waals surface area (Å²) in [6, 6.07) is 0. The molecule has 78 valence electrons. The number of rotatable bonds is 1. The van der Waals surface area contributed by atoms with E-state index >= 15 is 0 Å². The molecule has 0 amide bonds. The molecule has 2 rings (SSSR count). The van der Waals surface area contributed by atoms with Crippen LogP contribution in [0.2, 0.25) is 0 Å². The third-order valence-electron chi connectivity index (χ3n) is 2.51. The summed E-state index contributed by atoms with van der Waals surface area (Å²) < 4.78 is 24.1. The van der Waals surface area contributed by atoms with Gasteiger partial charge in [0.2, 0.25) is 0 Å². The molecule has 1 aromatic rings. The summed E-state index contributed by atoms with van der Waals surface area (Å²) in [6.45, 7) is 2.78. The molecular weight excluding hydrogens is 224 g/mol. The number of hydrogen-bond acceptors (Lipinski definition) is 3. The Morgan fingerprint density at radius 1 is 1.64 bits per heavy atom. The van der Waals surface area contributed by atoms with Crippen LogP contribution >= 0.6 is 10.7 Å². The topological polar surface area (TPSA) is 52.0 Å². The molecule has 0 saturated heterocycles. The van der Waals surface area contributed by atoms with E-state index in [4.69, 9.17) is 10.7 Å². The highest BCUT2D eigenvalue weighted by Crippen LogP contribution is 2.24. The highest BCUT2D eigenvalue weighted by Gasteiger charge is 2.24. The molecule has 1 aromatic heterocycles. The van der Waals surface area contributed by atoms with Crippen LogP contribution in [0.4, 0.5) is 0 Å². The van der Waals surface area contributed by atoms with Crippen molar-refractivity contribution in [2.45, 2.75) is 31.3 Å². The number of nitrogens with zero attached hydrogens (tertiary/aromatic N) is 2. The maximum Gasteiger partial charge on any atom is 0.278 e. The lowest BCUT2D eigenvalue weighted by molar-refractivity contribution is 0.376. The Labute approximate surface area is 87.3 Å². The quantitative estimate of drug-likeness (QED) is 0.690. The van der Waals surface area contributed by atoms with Crippen LogP contribution in [0.25, 0.3) is 0 Å². The molecule has 0 bridgehead atoms. The Balaban J connectivity index is 2.51. The Morgan fingerprint density at radius 2 is 2.36 bits per heavy atom. The average molecular weight is 235 g/mol. The van der Waals surface area contributed by atoms with Crippen LogP contribution in [0.15, 0.2) is 11.2 Å². The molecule has 0 aromatic carbocycles. The lowest BCUT2D eigenvalue weighted by Gasteiger charge is -2.21. The maximum atomic E-state index is 11.2. The van der Waals surface area contributed by atoms with Crippen molar-refractivity contribution in [2.75, 3.05) is 0 Å². The predicted octanol–water partition coefficient (Wildman–Crippen LogP) is 1.39. The van der Waals surface area contributed by atoms with Crippen molar-refractivity contribution in [3.8, 4) is 0 Å². The van der Waals surface area contributed by atoms with Crippen LogP contribution in [0.5, 0.6) is 0 Å². The fourth-order valence-electron chi connectivity index (χ4n) is 1.76. The molecule has 6 heteroatoms. The standard InChI is InChI=1S/C8H11ClN2O2S/c1-6-2-3-7-10-4-8(11(7)5-6)14(9,12)13/h4,6H,2-3,5H2,1H3. The fourth-order valence-corrected chi connectivity index (χ4v) is 2.76. The van der Waals surface area contributed by atoms with Gasteiger partial charge in [0, 0.05) is 23.6 Å². The number of aromatic nitrogens is 2. The van der Waals surface area contributed by atoms with E-state index < -0.39 is 9.05 Å². The summed E-state index contributed by atoms with van der Waals surface area (Å²) in [5, 5.41) is 0.126. The van der Waals surface area contributed by atoms with E-state index in [0.29, 0.717) is 12.5 Å². The number of imidazole rings is 1. The second kappa shape index (κ2) is 3.24. The van der Waals surface area contributed by atoms with Gasteiger partial charge in [-0.2, -0.15) is 0 Å². The third kappa shape index (κ3) is 1.66. The molecule has 4 nitrogen and oxygen atoms in total. The Hall–Kier alpha value is -0.550. The van der Waals surface area contributed by atoms with E-state index in [0.717, 1.165) is 18.7 Å². The predicted molar refractivity (Wildman–Crippen MR) is 52.8 cm³/mol. The van der Waals surface area contributed by atoms with Crippen molar-refractivity contribution >= 4 is 19.7 Å². The van der Waals surface area contributed by atoms with E-state index in [2.05, 4.69) is 11.9 Å². The lowest BCUT2D eigenvalue weighted by atomic mass is 10.0. The minimum Gasteiger partial charge on any atom is -0.318 e. The first-order chi connectivity index (χ1) is 6.48. The SMILES string of the molecule is CC1CCc2ncc(S(=O)(=O)Cl)n2C1. The Kier molecular flexibility index (Phi) is 2.31. The average Bonchev–Trinajstić information content (AvgIpc) is 2.45. The molecule has 0 N–H and O–H groups in total. The first-order valence-corrected chi connectivity index (χ1v) is 6.78. The molecule has 0 spiro atoms. The van der Waals surface area contributed by atoms with Crippen LogP contribution in [0.3, 0.4) is 0 Å². The van der Waals surface area contributed by atoms with Crippen molar-refractivity contribution in [3.05, 3.63) is 12.0 Å². The zero-order chi connectivity index (χ0) is 10.3. The molecule has 14 heavy (non-hydrogen) atoms. The highest BCUT2D eigenvalue weighted by atomic mass is 35.7. The second-order valence-electron chi connectivity index (χ2n) is 3.70. The van der Waals surface area contributed by atoms with E-state index in [1.807, 2.05) is 0 Å². The molecule has 0 aliphatic carbocycles. The largest absolute Gasteiger partial charge is 0.318 e. The normalized spacial score (nSPS) is 22.0. The van der Waals surface area contributed by atoms with Crippen molar-refractivity contribution in [1.82, 2.24) is 9.55 Å². The number of halogens is 1. The van der Waals surface area contributed by atoms with Gasteiger partial charge >= 0.3 is 0 Å². The summed E-state index contributed by atoms with van der Waals surface area (Å²) in [7, 11) is 1.64. The van der Waals surface area contributed by atoms with Gasteiger partial charge in [0.1, 0.15) is 5.82 Å². The van der Waals surface area contributed by atoms with Crippen LogP contribution in [0, 0.1) is 5.92 Å². The minimum absolute atomic E-state index is 0.126. The summed E-state index contributed by atoms with van der Waals surface area (Å²) >= 11 is 0. The summed E-state index contributed by atoms with van der Waals surface area (Å²) in [5.74, 6) is 1.30. The van der Waals surface area contributed by atoms with Gasteiger partial charge in [-0.3, -0.25) is 0 Å². The van der Waals surface area contributed by atoms with Crippen molar-refractivity contribution in [2.24, 2.45) is 5.92 Å². The van der Waals surface area contributed by atoms with Crippen molar-refractivity contribution < 1.29 is 8.42 Å². The molecule has 2 heterocycles. The van der Waals surface area contributed by atoms with Gasteiger partial charge in [-0.1, -0.05) is 6.92 Å². The van der Waals surface area contributed by atoms with Gasteiger partial charge in [0.25, 0.3) is 9.05 Å². The maximum absolute atomic E-state index is 11.2. The summed E-state index contributed by atoms with van der Waals surface area (Å²) in [6.07, 6.45) is 3.22. The smallest absolute Gasteiger partial charge is 0.278 e. The number of aryl methyl sites for hydroxylation is 1. The van der Waals surface area contributed by atoms with Gasteiger partial charge < -0.3 is 4.57 Å². The Morgan fingerprint density at radius 3 is 3.00 bits per heavy atom. The molecule has 1 atom stereocenters.